The van der Waals surface area contributed by atoms with Crippen molar-refractivity contribution in [3.63, 3.8) is 0 Å². The van der Waals surface area contributed by atoms with Gasteiger partial charge in [0.2, 0.25) is 0 Å². The van der Waals surface area contributed by atoms with Crippen LogP contribution in [0.4, 0.5) is 14.9 Å². The highest BCUT2D eigenvalue weighted by atomic mass is 19.1. The number of halogens is 1. The lowest BCUT2D eigenvalue weighted by atomic mass is 9.88. The van der Waals surface area contributed by atoms with Crippen molar-refractivity contribution < 1.29 is 24.0 Å². The monoisotopic (exact) mass is 354 g/mol. The molecule has 0 radical (unpaired) electrons. The number of likely N-dealkylation sites (tertiary alicyclic amines) is 1. The third-order valence-corrected chi connectivity index (χ3v) is 4.07. The van der Waals surface area contributed by atoms with Crippen LogP contribution < -0.4 is 0 Å². The minimum absolute atomic E-state index is 0.106. The highest BCUT2D eigenvalue weighted by molar-refractivity contribution is 5.68. The quantitative estimate of drug-likeness (QED) is 0.665. The van der Waals surface area contributed by atoms with Crippen molar-refractivity contribution in [1.82, 2.24) is 4.90 Å². The van der Waals surface area contributed by atoms with E-state index in [2.05, 4.69) is 0 Å². The van der Waals surface area contributed by atoms with E-state index in [0.717, 1.165) is 18.2 Å². The van der Waals surface area contributed by atoms with Crippen molar-refractivity contribution in [3.8, 4) is 0 Å². The van der Waals surface area contributed by atoms with E-state index in [4.69, 9.17) is 4.74 Å². The van der Waals surface area contributed by atoms with Gasteiger partial charge in [-0.15, -0.1) is 0 Å². The van der Waals surface area contributed by atoms with Gasteiger partial charge in [-0.1, -0.05) is 0 Å². The van der Waals surface area contributed by atoms with E-state index in [1.165, 1.54) is 4.90 Å². The van der Waals surface area contributed by atoms with Crippen molar-refractivity contribution in [2.75, 3.05) is 13.1 Å². The molecule has 2 atom stereocenters. The molecule has 1 amide bonds. The molecule has 1 heterocycles. The molecular formula is C17H23FN2O5. The van der Waals surface area contributed by atoms with Gasteiger partial charge in [0.15, 0.2) is 0 Å². The van der Waals surface area contributed by atoms with E-state index < -0.39 is 34.5 Å². The molecule has 0 aliphatic carbocycles. The van der Waals surface area contributed by atoms with Crippen LogP contribution in [0.5, 0.6) is 0 Å². The molecule has 2 rings (SSSR count). The van der Waals surface area contributed by atoms with E-state index in [1.54, 1.807) is 20.8 Å². The lowest BCUT2D eigenvalue weighted by Gasteiger charge is -2.37. The number of amides is 1. The smallest absolute Gasteiger partial charge is 0.410 e. The summed E-state index contributed by atoms with van der Waals surface area (Å²) in [6, 6.07) is 3.26. The minimum Gasteiger partial charge on any atom is -0.444 e. The number of carbonyl (C=O) groups is 1. The van der Waals surface area contributed by atoms with Crippen molar-refractivity contribution in [2.45, 2.75) is 45.3 Å². The average Bonchev–Trinajstić information content (AvgIpc) is 2.47. The molecule has 1 N–H and O–H groups in total. The number of benzene rings is 1. The molecule has 1 saturated heterocycles. The van der Waals surface area contributed by atoms with Gasteiger partial charge < -0.3 is 14.7 Å². The minimum atomic E-state index is -0.721. The summed E-state index contributed by atoms with van der Waals surface area (Å²) >= 11 is 0. The Morgan fingerprint density at radius 3 is 2.76 bits per heavy atom. The number of aliphatic hydroxyl groups is 1. The Morgan fingerprint density at radius 1 is 1.48 bits per heavy atom. The van der Waals surface area contributed by atoms with Crippen LogP contribution in [0.1, 0.15) is 32.8 Å². The van der Waals surface area contributed by atoms with Gasteiger partial charge in [-0.3, -0.25) is 10.1 Å². The molecule has 8 heteroatoms. The first kappa shape index (κ1) is 19.1. The summed E-state index contributed by atoms with van der Waals surface area (Å²) in [5.74, 6) is -1.00. The first-order valence-corrected chi connectivity index (χ1v) is 8.15. The number of piperidine rings is 1. The Labute approximate surface area is 145 Å². The summed E-state index contributed by atoms with van der Waals surface area (Å²) in [6.45, 7) is 5.83. The number of rotatable bonds is 3. The maximum Gasteiger partial charge on any atom is 0.410 e. The van der Waals surface area contributed by atoms with Crippen molar-refractivity contribution >= 4 is 11.8 Å². The SMILES string of the molecule is CC(C)(C)OC(=O)N1CCC(O)C(Cc2cc(F)ccc2[N+](=O)[O-])C1. The van der Waals surface area contributed by atoms with Gasteiger partial charge in [-0.25, -0.2) is 9.18 Å². The fraction of sp³-hybridized carbons (Fsp3) is 0.588. The summed E-state index contributed by atoms with van der Waals surface area (Å²) in [7, 11) is 0. The van der Waals surface area contributed by atoms with Crippen molar-refractivity contribution in [1.29, 1.82) is 0 Å². The number of nitro benzene ring substituents is 1. The van der Waals surface area contributed by atoms with E-state index >= 15 is 0 Å². The molecule has 1 aliphatic rings. The first-order valence-electron chi connectivity index (χ1n) is 8.15. The highest BCUT2D eigenvalue weighted by Gasteiger charge is 2.33. The number of nitrogens with zero attached hydrogens (tertiary/aromatic N) is 2. The third-order valence-electron chi connectivity index (χ3n) is 4.07. The number of aliphatic hydroxyl groups excluding tert-OH is 1. The average molecular weight is 354 g/mol. The van der Waals surface area contributed by atoms with E-state index in [0.29, 0.717) is 13.0 Å². The molecule has 1 aromatic rings. The van der Waals surface area contributed by atoms with Gasteiger partial charge in [0.25, 0.3) is 5.69 Å². The lowest BCUT2D eigenvalue weighted by molar-refractivity contribution is -0.385. The molecule has 2 unspecified atom stereocenters. The molecule has 7 nitrogen and oxygen atoms in total. The Hall–Kier alpha value is -2.22. The Balaban J connectivity index is 2.14. The molecule has 0 aromatic heterocycles. The van der Waals surface area contributed by atoms with E-state index in [-0.39, 0.29) is 24.2 Å². The van der Waals surface area contributed by atoms with Crippen molar-refractivity contribution in [2.24, 2.45) is 5.92 Å². The second-order valence-corrected chi connectivity index (χ2v) is 7.28. The summed E-state index contributed by atoms with van der Waals surface area (Å²) < 4.78 is 18.8. The summed E-state index contributed by atoms with van der Waals surface area (Å²) in [4.78, 5) is 24.2. The van der Waals surface area contributed by atoms with Crippen LogP contribution in [0.15, 0.2) is 18.2 Å². The van der Waals surface area contributed by atoms with Gasteiger partial charge in [0.1, 0.15) is 11.4 Å². The number of carbonyl (C=O) groups excluding carboxylic acids is 1. The van der Waals surface area contributed by atoms with Gasteiger partial charge in [0.05, 0.1) is 11.0 Å². The number of hydrogen-bond acceptors (Lipinski definition) is 5. The van der Waals surface area contributed by atoms with Crippen LogP contribution in [0, 0.1) is 21.8 Å². The van der Waals surface area contributed by atoms with Crippen LogP contribution in [0.25, 0.3) is 0 Å². The highest BCUT2D eigenvalue weighted by Crippen LogP contribution is 2.28. The fourth-order valence-corrected chi connectivity index (χ4v) is 2.89. The molecule has 138 valence electrons. The largest absolute Gasteiger partial charge is 0.444 e. The topological polar surface area (TPSA) is 92.9 Å². The number of ether oxygens (including phenoxy) is 1. The van der Waals surface area contributed by atoms with Crippen LogP contribution in [0.2, 0.25) is 0 Å². The van der Waals surface area contributed by atoms with Crippen LogP contribution >= 0.6 is 0 Å². The zero-order valence-electron chi connectivity index (χ0n) is 14.6. The third kappa shape index (κ3) is 5.12. The summed E-state index contributed by atoms with van der Waals surface area (Å²) in [5, 5.41) is 21.3. The molecule has 25 heavy (non-hydrogen) atoms. The lowest BCUT2D eigenvalue weighted by Crippen LogP contribution is -2.48. The van der Waals surface area contributed by atoms with Gasteiger partial charge in [-0.2, -0.15) is 0 Å². The predicted octanol–water partition coefficient (Wildman–Crippen LogP) is 2.89. The van der Waals surface area contributed by atoms with Crippen LogP contribution in [-0.4, -0.2) is 45.8 Å². The molecule has 1 aromatic carbocycles. The maximum absolute atomic E-state index is 13.5. The first-order chi connectivity index (χ1) is 11.6. The number of hydrogen-bond donors (Lipinski definition) is 1. The maximum atomic E-state index is 13.5. The fourth-order valence-electron chi connectivity index (χ4n) is 2.89. The molecule has 0 spiro atoms. The Bertz CT molecular complexity index is 659. The van der Waals surface area contributed by atoms with E-state index in [1.807, 2.05) is 0 Å². The normalized spacial score (nSPS) is 21.1. The Kier molecular flexibility index (Phi) is 5.62. The molecule has 0 saturated carbocycles. The van der Waals surface area contributed by atoms with Gasteiger partial charge in [-0.05, 0) is 45.7 Å². The second-order valence-electron chi connectivity index (χ2n) is 7.28. The summed E-state index contributed by atoms with van der Waals surface area (Å²) in [5.41, 5.74) is -0.618. The Morgan fingerprint density at radius 2 is 2.16 bits per heavy atom. The predicted molar refractivity (Wildman–Crippen MR) is 88.7 cm³/mol. The molecule has 1 aliphatic heterocycles. The van der Waals surface area contributed by atoms with Crippen molar-refractivity contribution in [3.05, 3.63) is 39.7 Å². The zero-order chi connectivity index (χ0) is 18.8. The van der Waals surface area contributed by atoms with Gasteiger partial charge in [0, 0.05) is 30.6 Å². The van der Waals surface area contributed by atoms with Crippen LogP contribution in [-0.2, 0) is 11.2 Å². The molecule has 1 fully saturated rings. The van der Waals surface area contributed by atoms with E-state index in [9.17, 15) is 24.4 Å². The summed E-state index contributed by atoms with van der Waals surface area (Å²) in [6.07, 6.45) is -0.763. The molecule has 0 bridgehead atoms. The van der Waals surface area contributed by atoms with Gasteiger partial charge >= 0.3 is 6.09 Å². The second kappa shape index (κ2) is 7.35. The zero-order valence-corrected chi connectivity index (χ0v) is 14.6. The number of nitro groups is 1. The standard InChI is InChI=1S/C17H23FN2O5/c1-17(2,3)25-16(22)19-7-6-15(21)12(10-19)8-11-9-13(18)4-5-14(11)20(23)24/h4-5,9,12,15,21H,6-8,10H2,1-3H3. The van der Waals surface area contributed by atoms with Crippen LogP contribution in [0.3, 0.4) is 0 Å². The molecular weight excluding hydrogens is 331 g/mol.